The lowest BCUT2D eigenvalue weighted by Crippen LogP contribution is -2.32. The van der Waals surface area contributed by atoms with E-state index in [0.717, 1.165) is 17.0 Å². The van der Waals surface area contributed by atoms with Crippen LogP contribution in [0.3, 0.4) is 0 Å². The molecule has 0 aliphatic carbocycles. The van der Waals surface area contributed by atoms with Gasteiger partial charge in [0.05, 0.1) is 17.8 Å². The number of hydrogen-bond acceptors (Lipinski definition) is 4. The molecule has 2 heterocycles. The minimum Gasteiger partial charge on any atom is -0.390 e. The van der Waals surface area contributed by atoms with Gasteiger partial charge in [-0.3, -0.25) is 9.78 Å². The van der Waals surface area contributed by atoms with Gasteiger partial charge in [-0.15, -0.1) is 0 Å². The number of amides is 1. The highest BCUT2D eigenvalue weighted by atomic mass is 16.6. The highest BCUT2D eigenvalue weighted by molar-refractivity contribution is 6.01. The van der Waals surface area contributed by atoms with Crippen molar-refractivity contribution in [3.63, 3.8) is 0 Å². The molecule has 5 heteroatoms. The van der Waals surface area contributed by atoms with Crippen LogP contribution in [-0.4, -0.2) is 29.3 Å². The number of aryl methyl sites for hydroxylation is 1. The predicted octanol–water partition coefficient (Wildman–Crippen LogP) is 3.98. The monoisotopic (exact) mass is 371 g/mol. The van der Waals surface area contributed by atoms with Crippen molar-refractivity contribution in [1.29, 1.82) is 0 Å². The van der Waals surface area contributed by atoms with Crippen molar-refractivity contribution in [3.8, 4) is 11.1 Å². The van der Waals surface area contributed by atoms with Crippen LogP contribution in [0.1, 0.15) is 28.0 Å². The van der Waals surface area contributed by atoms with Crippen LogP contribution in [0.25, 0.3) is 11.1 Å². The number of carbonyl (C=O) groups excluding carboxylic acids is 1. The minimum absolute atomic E-state index is 0.156. The average molecular weight is 371 g/mol. The fourth-order valence-corrected chi connectivity index (χ4v) is 3.10. The maximum absolute atomic E-state index is 12.2. The Labute approximate surface area is 164 Å². The highest BCUT2D eigenvalue weighted by Gasteiger charge is 2.23. The summed E-state index contributed by atoms with van der Waals surface area (Å²) in [6.07, 6.45) is 2.08. The number of aromatic nitrogens is 1. The lowest BCUT2D eigenvalue weighted by Gasteiger charge is -2.10. The Hall–Kier alpha value is -3.47. The molecular formula is C23H21N3O2. The van der Waals surface area contributed by atoms with Gasteiger partial charge in [-0.05, 0) is 35.7 Å². The summed E-state index contributed by atoms with van der Waals surface area (Å²) < 4.78 is 0. The van der Waals surface area contributed by atoms with E-state index in [0.29, 0.717) is 18.5 Å². The number of carbonyl (C=O) groups is 1. The van der Waals surface area contributed by atoms with Gasteiger partial charge in [0.2, 0.25) is 0 Å². The molecular weight excluding hydrogens is 350 g/mol. The Bertz CT molecular complexity index is 981. The van der Waals surface area contributed by atoms with Gasteiger partial charge in [-0.25, -0.2) is 0 Å². The molecule has 3 aromatic rings. The molecule has 0 unspecified atom stereocenters. The molecule has 0 fully saturated rings. The summed E-state index contributed by atoms with van der Waals surface area (Å²) in [5.41, 5.74) is 5.71. The van der Waals surface area contributed by atoms with Gasteiger partial charge in [0.25, 0.3) is 5.91 Å². The van der Waals surface area contributed by atoms with E-state index in [9.17, 15) is 4.79 Å². The summed E-state index contributed by atoms with van der Waals surface area (Å²) in [4.78, 5) is 21.8. The number of benzene rings is 2. The van der Waals surface area contributed by atoms with E-state index in [1.165, 1.54) is 11.1 Å². The molecule has 0 radical (unpaired) electrons. The Balaban J connectivity index is 1.32. The molecule has 1 aliphatic heterocycles. The molecule has 1 amide bonds. The lowest BCUT2D eigenvalue weighted by atomic mass is 10.00. The Morgan fingerprint density at radius 1 is 1.00 bits per heavy atom. The van der Waals surface area contributed by atoms with E-state index >= 15 is 0 Å². The zero-order valence-electron chi connectivity index (χ0n) is 15.6. The quantitative estimate of drug-likeness (QED) is 0.738. The van der Waals surface area contributed by atoms with Crippen molar-refractivity contribution >= 4 is 11.6 Å². The third-order valence-corrected chi connectivity index (χ3v) is 4.72. The molecule has 0 saturated carbocycles. The molecule has 1 N–H and O–H groups in total. The second-order valence-corrected chi connectivity index (χ2v) is 6.81. The van der Waals surface area contributed by atoms with Crippen molar-refractivity contribution in [2.75, 3.05) is 6.54 Å². The van der Waals surface area contributed by atoms with Gasteiger partial charge in [0, 0.05) is 18.3 Å². The topological polar surface area (TPSA) is 63.6 Å². The Kier molecular flexibility index (Phi) is 5.15. The highest BCUT2D eigenvalue weighted by Crippen LogP contribution is 2.22. The maximum Gasteiger partial charge on any atom is 0.252 e. The number of nitrogens with one attached hydrogen (secondary N) is 1. The van der Waals surface area contributed by atoms with E-state index < -0.39 is 0 Å². The minimum atomic E-state index is -0.161. The van der Waals surface area contributed by atoms with Crippen LogP contribution in [0.4, 0.5) is 0 Å². The first-order valence-electron chi connectivity index (χ1n) is 9.28. The second-order valence-electron chi connectivity index (χ2n) is 6.81. The van der Waals surface area contributed by atoms with Gasteiger partial charge in [-0.2, -0.15) is 0 Å². The predicted molar refractivity (Wildman–Crippen MR) is 109 cm³/mol. The number of hydrogen-bond donors (Lipinski definition) is 1. The molecule has 0 bridgehead atoms. The molecule has 4 rings (SSSR count). The first-order chi connectivity index (χ1) is 13.7. The molecule has 1 aliphatic rings. The normalized spacial score (nSPS) is 15.6. The summed E-state index contributed by atoms with van der Waals surface area (Å²) in [7, 11) is 0. The van der Waals surface area contributed by atoms with Crippen molar-refractivity contribution in [3.05, 3.63) is 89.7 Å². The van der Waals surface area contributed by atoms with Crippen LogP contribution in [0.2, 0.25) is 0 Å². The third kappa shape index (κ3) is 4.09. The molecule has 140 valence electrons. The molecule has 0 spiro atoms. The van der Waals surface area contributed by atoms with Crippen LogP contribution < -0.4 is 5.32 Å². The molecule has 0 saturated heterocycles. The van der Waals surface area contributed by atoms with Crippen LogP contribution in [0.5, 0.6) is 0 Å². The number of pyridine rings is 1. The van der Waals surface area contributed by atoms with Crippen LogP contribution in [0.15, 0.2) is 78.1 Å². The van der Waals surface area contributed by atoms with E-state index in [2.05, 4.69) is 51.9 Å². The van der Waals surface area contributed by atoms with E-state index in [4.69, 9.17) is 4.84 Å². The fourth-order valence-electron chi connectivity index (χ4n) is 3.10. The number of oxime groups is 1. The summed E-state index contributed by atoms with van der Waals surface area (Å²) in [6, 6.07) is 22.1. The standard InChI is InChI=1S/C23H21N3O2/c1-16-7-8-20(14-24-16)23(27)25-15-21-13-22(26-28-21)19-11-9-18(10-12-19)17-5-3-2-4-6-17/h2-12,14,21H,13,15H2,1H3,(H,25,27)/t21-/m0/s1. The van der Waals surface area contributed by atoms with Crippen LogP contribution >= 0.6 is 0 Å². The first-order valence-corrected chi connectivity index (χ1v) is 9.28. The molecule has 5 nitrogen and oxygen atoms in total. The summed E-state index contributed by atoms with van der Waals surface area (Å²) >= 11 is 0. The van der Waals surface area contributed by atoms with Crippen molar-refractivity contribution in [2.45, 2.75) is 19.4 Å². The van der Waals surface area contributed by atoms with E-state index in [1.807, 2.05) is 31.2 Å². The Morgan fingerprint density at radius 3 is 2.43 bits per heavy atom. The largest absolute Gasteiger partial charge is 0.390 e. The van der Waals surface area contributed by atoms with Crippen molar-refractivity contribution in [1.82, 2.24) is 10.3 Å². The Morgan fingerprint density at radius 2 is 1.71 bits per heavy atom. The van der Waals surface area contributed by atoms with Crippen molar-refractivity contribution in [2.24, 2.45) is 5.16 Å². The molecule has 28 heavy (non-hydrogen) atoms. The number of rotatable bonds is 5. The molecule has 1 aromatic heterocycles. The fraction of sp³-hybridized carbons (Fsp3) is 0.174. The van der Waals surface area contributed by atoms with Crippen LogP contribution in [0, 0.1) is 6.92 Å². The summed E-state index contributed by atoms with van der Waals surface area (Å²) in [5, 5.41) is 7.09. The SMILES string of the molecule is Cc1ccc(C(=O)NC[C@@H]2CC(c3ccc(-c4ccccc4)cc3)=NO2)cn1. The van der Waals surface area contributed by atoms with Gasteiger partial charge < -0.3 is 10.2 Å². The van der Waals surface area contributed by atoms with Gasteiger partial charge in [0.15, 0.2) is 0 Å². The van der Waals surface area contributed by atoms with Crippen LogP contribution in [-0.2, 0) is 4.84 Å². The average Bonchev–Trinajstić information content (AvgIpc) is 3.22. The second kappa shape index (κ2) is 8.05. The van der Waals surface area contributed by atoms with Gasteiger partial charge >= 0.3 is 0 Å². The molecule has 1 atom stereocenters. The first kappa shape index (κ1) is 17.9. The number of nitrogens with zero attached hydrogens (tertiary/aromatic N) is 2. The smallest absolute Gasteiger partial charge is 0.252 e. The molecule has 2 aromatic carbocycles. The summed E-state index contributed by atoms with van der Waals surface area (Å²) in [6.45, 7) is 2.29. The lowest BCUT2D eigenvalue weighted by molar-refractivity contribution is 0.0753. The van der Waals surface area contributed by atoms with E-state index in [1.54, 1.807) is 12.3 Å². The van der Waals surface area contributed by atoms with Gasteiger partial charge in [0.1, 0.15) is 6.10 Å². The van der Waals surface area contributed by atoms with Crippen molar-refractivity contribution < 1.29 is 9.63 Å². The van der Waals surface area contributed by atoms with E-state index in [-0.39, 0.29) is 12.0 Å². The maximum atomic E-state index is 12.2. The zero-order chi connectivity index (χ0) is 19.3. The summed E-state index contributed by atoms with van der Waals surface area (Å²) in [5.74, 6) is -0.156. The van der Waals surface area contributed by atoms with Gasteiger partial charge in [-0.1, -0.05) is 59.8 Å². The zero-order valence-corrected chi connectivity index (χ0v) is 15.6. The third-order valence-electron chi connectivity index (χ3n) is 4.72.